The molecule has 1 saturated carbocycles. The molecule has 0 bridgehead atoms. The minimum atomic E-state index is -3.55. The smallest absolute Gasteiger partial charge is 0.260 e. The van der Waals surface area contributed by atoms with E-state index in [4.69, 9.17) is 0 Å². The summed E-state index contributed by atoms with van der Waals surface area (Å²) in [6.07, 6.45) is 7.14. The van der Waals surface area contributed by atoms with Gasteiger partial charge in [-0.1, -0.05) is 25.5 Å². The fourth-order valence-electron chi connectivity index (χ4n) is 2.68. The maximum atomic E-state index is 12.1. The molecule has 6 nitrogen and oxygen atoms in total. The van der Waals surface area contributed by atoms with Crippen LogP contribution in [0.25, 0.3) is 0 Å². The lowest BCUT2D eigenvalue weighted by Crippen LogP contribution is -2.39. The molecule has 0 unspecified atom stereocenters. The van der Waals surface area contributed by atoms with Gasteiger partial charge in [0.05, 0.1) is 11.9 Å². The summed E-state index contributed by atoms with van der Waals surface area (Å²) in [6.45, 7) is 1.75. The molecule has 0 saturated heterocycles. The number of aryl methyl sites for hydroxylation is 1. The Kier molecular flexibility index (Phi) is 6.36. The summed E-state index contributed by atoms with van der Waals surface area (Å²) in [6, 6.07) is 7.18. The van der Waals surface area contributed by atoms with E-state index in [1.54, 1.807) is 12.1 Å². The van der Waals surface area contributed by atoms with Gasteiger partial charge in [-0.3, -0.25) is 9.10 Å². The lowest BCUT2D eigenvalue weighted by atomic mass is 9.99. The molecule has 0 atom stereocenters. The summed E-state index contributed by atoms with van der Waals surface area (Å²) in [5.74, 6) is -0.432. The SMILES string of the molecule is CCc1ccc(N(CC(=O)NN=C2CCCCC2)S(C)(=O)=O)cc1. The standard InChI is InChI=1S/C17H25N3O3S/c1-3-14-9-11-16(12-10-14)20(24(2,22)23)13-17(21)19-18-15-7-5-4-6-8-15/h9-12H,3-8,13H2,1-2H3,(H,19,21). The molecular formula is C17H25N3O3S. The number of amides is 1. The van der Waals surface area contributed by atoms with E-state index in [9.17, 15) is 13.2 Å². The number of hydrogen-bond donors (Lipinski definition) is 1. The largest absolute Gasteiger partial charge is 0.271 e. The second kappa shape index (κ2) is 8.28. The third-order valence-electron chi connectivity index (χ3n) is 4.09. The van der Waals surface area contributed by atoms with Crippen LogP contribution in [0.4, 0.5) is 5.69 Å². The zero-order chi connectivity index (χ0) is 17.6. The lowest BCUT2D eigenvalue weighted by molar-refractivity contribution is -0.119. The maximum absolute atomic E-state index is 12.1. The summed E-state index contributed by atoms with van der Waals surface area (Å²) in [7, 11) is -3.55. The number of nitrogens with one attached hydrogen (secondary N) is 1. The highest BCUT2D eigenvalue weighted by molar-refractivity contribution is 7.92. The molecular weight excluding hydrogens is 326 g/mol. The molecule has 24 heavy (non-hydrogen) atoms. The third-order valence-corrected chi connectivity index (χ3v) is 5.23. The highest BCUT2D eigenvalue weighted by Gasteiger charge is 2.20. The van der Waals surface area contributed by atoms with Gasteiger partial charge in [0, 0.05) is 5.71 Å². The van der Waals surface area contributed by atoms with Gasteiger partial charge in [0.2, 0.25) is 10.0 Å². The Labute approximate surface area is 144 Å². The van der Waals surface area contributed by atoms with Gasteiger partial charge in [0.1, 0.15) is 6.54 Å². The number of carbonyl (C=O) groups is 1. The van der Waals surface area contributed by atoms with E-state index in [2.05, 4.69) is 10.5 Å². The van der Waals surface area contributed by atoms with Crippen LogP contribution in [0.1, 0.15) is 44.6 Å². The molecule has 1 fully saturated rings. The molecule has 0 radical (unpaired) electrons. The van der Waals surface area contributed by atoms with Crippen LogP contribution in [0.2, 0.25) is 0 Å². The van der Waals surface area contributed by atoms with Crippen molar-refractivity contribution in [2.45, 2.75) is 45.4 Å². The zero-order valence-electron chi connectivity index (χ0n) is 14.3. The molecule has 1 aliphatic carbocycles. The molecule has 1 amide bonds. The summed E-state index contributed by atoms with van der Waals surface area (Å²) in [5.41, 5.74) is 5.06. The van der Waals surface area contributed by atoms with Gasteiger partial charge in [0.25, 0.3) is 5.91 Å². The first-order valence-electron chi connectivity index (χ1n) is 8.31. The molecule has 1 aliphatic rings. The first-order valence-corrected chi connectivity index (χ1v) is 10.2. The number of carbonyl (C=O) groups excluding carboxylic acids is 1. The van der Waals surface area contributed by atoms with Gasteiger partial charge < -0.3 is 0 Å². The maximum Gasteiger partial charge on any atom is 0.260 e. The number of anilines is 1. The van der Waals surface area contributed by atoms with E-state index in [0.29, 0.717) is 5.69 Å². The van der Waals surface area contributed by atoms with Crippen LogP contribution < -0.4 is 9.73 Å². The van der Waals surface area contributed by atoms with Crippen molar-refractivity contribution in [2.24, 2.45) is 5.10 Å². The van der Waals surface area contributed by atoms with E-state index < -0.39 is 15.9 Å². The number of hydrogen-bond acceptors (Lipinski definition) is 4. The van der Waals surface area contributed by atoms with Crippen LogP contribution in [0.3, 0.4) is 0 Å². The van der Waals surface area contributed by atoms with Crippen LogP contribution in [0, 0.1) is 0 Å². The Balaban J connectivity index is 2.06. The first kappa shape index (κ1) is 18.4. The normalized spacial score (nSPS) is 15.0. The van der Waals surface area contributed by atoms with E-state index in [-0.39, 0.29) is 6.54 Å². The number of sulfonamides is 1. The number of hydrazone groups is 1. The lowest BCUT2D eigenvalue weighted by Gasteiger charge is -2.21. The minimum Gasteiger partial charge on any atom is -0.271 e. The predicted molar refractivity (Wildman–Crippen MR) is 96.7 cm³/mol. The number of benzene rings is 1. The van der Waals surface area contributed by atoms with E-state index in [0.717, 1.165) is 53.9 Å². The molecule has 1 aromatic rings. The minimum absolute atomic E-state index is 0.277. The fraction of sp³-hybridized carbons (Fsp3) is 0.529. The van der Waals surface area contributed by atoms with Crippen LogP contribution in [0.15, 0.2) is 29.4 Å². The van der Waals surface area contributed by atoms with Crippen LogP contribution in [-0.4, -0.2) is 32.8 Å². The van der Waals surface area contributed by atoms with Gasteiger partial charge in [-0.15, -0.1) is 0 Å². The van der Waals surface area contributed by atoms with Crippen molar-refractivity contribution in [1.82, 2.24) is 5.43 Å². The Morgan fingerprint density at radius 2 is 1.79 bits per heavy atom. The molecule has 7 heteroatoms. The van der Waals surface area contributed by atoms with Crippen molar-refractivity contribution in [1.29, 1.82) is 0 Å². The van der Waals surface area contributed by atoms with Gasteiger partial charge in [-0.25, -0.2) is 13.8 Å². The third kappa shape index (κ3) is 5.33. The van der Waals surface area contributed by atoms with Gasteiger partial charge in [-0.05, 0) is 49.8 Å². The molecule has 1 aromatic carbocycles. The van der Waals surface area contributed by atoms with E-state index in [1.165, 1.54) is 6.42 Å². The molecule has 0 aliphatic heterocycles. The molecule has 132 valence electrons. The second-order valence-corrected chi connectivity index (χ2v) is 7.97. The van der Waals surface area contributed by atoms with Crippen LogP contribution in [0.5, 0.6) is 0 Å². The zero-order valence-corrected chi connectivity index (χ0v) is 15.1. The number of rotatable bonds is 6. The Hall–Kier alpha value is -1.89. The van der Waals surface area contributed by atoms with Crippen molar-refractivity contribution in [3.8, 4) is 0 Å². The van der Waals surface area contributed by atoms with Gasteiger partial charge in [-0.2, -0.15) is 5.10 Å². The van der Waals surface area contributed by atoms with Crippen molar-refractivity contribution in [3.05, 3.63) is 29.8 Å². The highest BCUT2D eigenvalue weighted by Crippen LogP contribution is 2.18. The quantitative estimate of drug-likeness (QED) is 0.800. The Morgan fingerprint density at radius 1 is 1.17 bits per heavy atom. The summed E-state index contributed by atoms with van der Waals surface area (Å²) in [5, 5.41) is 4.13. The molecule has 1 N–H and O–H groups in total. The average Bonchev–Trinajstić information content (AvgIpc) is 2.58. The number of nitrogens with zero attached hydrogens (tertiary/aromatic N) is 2. The first-order chi connectivity index (χ1) is 11.4. The molecule has 0 spiro atoms. The molecule has 0 heterocycles. The van der Waals surface area contributed by atoms with Gasteiger partial charge >= 0.3 is 0 Å². The monoisotopic (exact) mass is 351 g/mol. The van der Waals surface area contributed by atoms with Crippen molar-refractivity contribution in [2.75, 3.05) is 17.1 Å². The van der Waals surface area contributed by atoms with Gasteiger partial charge in [0.15, 0.2) is 0 Å². The van der Waals surface area contributed by atoms with Crippen molar-refractivity contribution >= 4 is 27.3 Å². The van der Waals surface area contributed by atoms with E-state index >= 15 is 0 Å². The Morgan fingerprint density at radius 3 is 2.33 bits per heavy atom. The topological polar surface area (TPSA) is 78.8 Å². The fourth-order valence-corrected chi connectivity index (χ4v) is 3.53. The Bertz CT molecular complexity index is 688. The van der Waals surface area contributed by atoms with E-state index in [1.807, 2.05) is 19.1 Å². The molecule has 2 rings (SSSR count). The molecule has 0 aromatic heterocycles. The van der Waals surface area contributed by atoms with Crippen LogP contribution >= 0.6 is 0 Å². The summed E-state index contributed by atoms with van der Waals surface area (Å²) < 4.78 is 25.2. The van der Waals surface area contributed by atoms with Crippen LogP contribution in [-0.2, 0) is 21.2 Å². The van der Waals surface area contributed by atoms with Crippen molar-refractivity contribution < 1.29 is 13.2 Å². The highest BCUT2D eigenvalue weighted by atomic mass is 32.2. The second-order valence-electron chi connectivity index (χ2n) is 6.06. The average molecular weight is 351 g/mol. The summed E-state index contributed by atoms with van der Waals surface area (Å²) in [4.78, 5) is 12.1. The predicted octanol–water partition coefficient (Wildman–Crippen LogP) is 2.45. The van der Waals surface area contributed by atoms with Crippen molar-refractivity contribution in [3.63, 3.8) is 0 Å². The summed E-state index contributed by atoms with van der Waals surface area (Å²) >= 11 is 0.